The predicted molar refractivity (Wildman–Crippen MR) is 104 cm³/mol. The van der Waals surface area contributed by atoms with Crippen LogP contribution in [0.25, 0.3) is 0 Å². The summed E-state index contributed by atoms with van der Waals surface area (Å²) in [5, 5.41) is -0.0219. The Labute approximate surface area is 173 Å². The molecule has 11 heteroatoms. The van der Waals surface area contributed by atoms with Crippen LogP contribution in [0.1, 0.15) is 34.6 Å². The first-order valence-corrected chi connectivity index (χ1v) is 10.1. The van der Waals surface area contributed by atoms with Crippen LogP contribution < -0.4 is 10.9 Å². The van der Waals surface area contributed by atoms with Gasteiger partial charge in [0.2, 0.25) is 5.95 Å². The highest BCUT2D eigenvalue weighted by atomic mass is 32.2. The van der Waals surface area contributed by atoms with E-state index >= 15 is 0 Å². The molecule has 2 aromatic rings. The van der Waals surface area contributed by atoms with E-state index in [1.165, 1.54) is 18.7 Å². The largest absolute Gasteiger partial charge is 0.379 e. The van der Waals surface area contributed by atoms with Gasteiger partial charge in [0, 0.05) is 23.7 Å². The SMILES string of the molecule is Cc1nc(F)cnc1C(=O)N(F)c1ccc(F)c([C@]23C[C@@H](F)C[C@H]2CSC(N)=N3)c1. The highest BCUT2D eigenvalue weighted by molar-refractivity contribution is 8.13. The van der Waals surface area contributed by atoms with Gasteiger partial charge in [0.1, 0.15) is 12.0 Å². The average Bonchev–Trinajstić information content (AvgIpc) is 3.03. The fourth-order valence-corrected chi connectivity index (χ4v) is 5.09. The quantitative estimate of drug-likeness (QED) is 0.584. The fourth-order valence-electron chi connectivity index (χ4n) is 4.08. The zero-order chi connectivity index (χ0) is 21.6. The van der Waals surface area contributed by atoms with Crippen LogP contribution in [0.15, 0.2) is 29.4 Å². The predicted octanol–water partition coefficient (Wildman–Crippen LogP) is 3.60. The number of thioether (sulfide) groups is 1. The summed E-state index contributed by atoms with van der Waals surface area (Å²) in [5.74, 6) is -2.65. The number of hydrogen-bond donors (Lipinski definition) is 1. The fraction of sp³-hybridized carbons (Fsp3) is 0.368. The maximum atomic E-state index is 14.9. The van der Waals surface area contributed by atoms with E-state index in [2.05, 4.69) is 15.0 Å². The molecule has 1 saturated carbocycles. The zero-order valence-corrected chi connectivity index (χ0v) is 16.6. The standard InChI is InChI=1S/C19H17F4N5OS/c1-9-16(25-7-15(22)26-9)17(29)28(23)12-2-3-14(21)13(5-12)19-6-11(20)4-10(19)8-30-18(24)27-19/h2-3,5,7,10-11H,4,6,8H2,1H3,(H2,24,27)/t10-,11-,19-/m0/s1. The molecule has 0 radical (unpaired) electrons. The Kier molecular flexibility index (Phi) is 5.16. The molecule has 1 aliphatic heterocycles. The van der Waals surface area contributed by atoms with Crippen LogP contribution in [0.4, 0.5) is 23.3 Å². The van der Waals surface area contributed by atoms with Crippen LogP contribution in [-0.4, -0.2) is 33.0 Å². The summed E-state index contributed by atoms with van der Waals surface area (Å²) in [6.45, 7) is 1.31. The number of carbonyl (C=O) groups excluding carboxylic acids is 1. The third kappa shape index (κ3) is 3.40. The van der Waals surface area contributed by atoms with Crippen molar-refractivity contribution in [3.8, 4) is 0 Å². The maximum Gasteiger partial charge on any atom is 0.306 e. The number of halogens is 4. The second-order valence-corrected chi connectivity index (χ2v) is 8.34. The lowest BCUT2D eigenvalue weighted by Crippen LogP contribution is -2.37. The molecule has 0 saturated heterocycles. The van der Waals surface area contributed by atoms with E-state index in [-0.39, 0.29) is 51.7 Å². The van der Waals surface area contributed by atoms with E-state index in [1.54, 1.807) is 0 Å². The molecular formula is C19H17F4N5OS. The van der Waals surface area contributed by atoms with E-state index in [1.807, 2.05) is 0 Å². The van der Waals surface area contributed by atoms with Crippen molar-refractivity contribution in [3.63, 3.8) is 0 Å². The van der Waals surface area contributed by atoms with Gasteiger partial charge < -0.3 is 5.73 Å². The van der Waals surface area contributed by atoms with Gasteiger partial charge in [-0.05, 0) is 31.5 Å². The summed E-state index contributed by atoms with van der Waals surface area (Å²) < 4.78 is 57.1. The lowest BCUT2D eigenvalue weighted by molar-refractivity contribution is 0.0924. The number of hydrogen-bond acceptors (Lipinski definition) is 6. The number of fused-ring (bicyclic) bond motifs is 1. The first kappa shape index (κ1) is 20.6. The first-order chi connectivity index (χ1) is 14.2. The van der Waals surface area contributed by atoms with Gasteiger partial charge in [0.05, 0.1) is 23.1 Å². The third-order valence-electron chi connectivity index (χ3n) is 5.43. The molecule has 6 nitrogen and oxygen atoms in total. The maximum absolute atomic E-state index is 14.9. The number of amidine groups is 1. The van der Waals surface area contributed by atoms with Gasteiger partial charge in [0.15, 0.2) is 10.9 Å². The Morgan fingerprint density at radius 3 is 2.87 bits per heavy atom. The minimum atomic E-state index is -1.26. The number of rotatable bonds is 3. The van der Waals surface area contributed by atoms with Crippen LogP contribution in [-0.2, 0) is 5.54 Å². The molecule has 158 valence electrons. The topological polar surface area (TPSA) is 84.5 Å². The zero-order valence-electron chi connectivity index (χ0n) is 15.8. The average molecular weight is 439 g/mol. The lowest BCUT2D eigenvalue weighted by Gasteiger charge is -2.36. The Morgan fingerprint density at radius 1 is 1.37 bits per heavy atom. The van der Waals surface area contributed by atoms with Gasteiger partial charge in [-0.3, -0.25) is 9.79 Å². The summed E-state index contributed by atoms with van der Waals surface area (Å²) in [6, 6.07) is 3.21. The van der Waals surface area contributed by atoms with Gasteiger partial charge in [-0.2, -0.15) is 4.39 Å². The summed E-state index contributed by atoms with van der Waals surface area (Å²) in [7, 11) is 0. The van der Waals surface area contributed by atoms with Crippen molar-refractivity contribution in [2.45, 2.75) is 31.5 Å². The van der Waals surface area contributed by atoms with E-state index in [0.29, 0.717) is 11.9 Å². The number of carbonyl (C=O) groups is 1. The Bertz CT molecular complexity index is 1050. The monoisotopic (exact) mass is 439 g/mol. The molecule has 0 unspecified atom stereocenters. The Hall–Kier alpha value is -2.69. The number of alkyl halides is 1. The number of benzene rings is 1. The molecule has 2 aliphatic rings. The second kappa shape index (κ2) is 7.53. The molecule has 1 fully saturated rings. The van der Waals surface area contributed by atoms with Crippen LogP contribution in [0.2, 0.25) is 0 Å². The summed E-state index contributed by atoms with van der Waals surface area (Å²) in [6.07, 6.45) is -0.392. The number of nitrogens with zero attached hydrogens (tertiary/aromatic N) is 4. The summed E-state index contributed by atoms with van der Waals surface area (Å²) in [4.78, 5) is 23.9. The van der Waals surface area contributed by atoms with Crippen molar-refractivity contribution in [2.75, 3.05) is 10.9 Å². The van der Waals surface area contributed by atoms with Crippen LogP contribution in [0.5, 0.6) is 0 Å². The molecule has 4 rings (SSSR count). The number of aromatic nitrogens is 2. The highest BCUT2D eigenvalue weighted by Gasteiger charge is 2.52. The van der Waals surface area contributed by atoms with Crippen LogP contribution >= 0.6 is 11.8 Å². The number of nitrogens with two attached hydrogens (primary N) is 1. The van der Waals surface area contributed by atoms with E-state index in [0.717, 1.165) is 18.2 Å². The van der Waals surface area contributed by atoms with E-state index in [9.17, 15) is 22.4 Å². The van der Waals surface area contributed by atoms with Crippen molar-refractivity contribution in [1.29, 1.82) is 0 Å². The highest BCUT2D eigenvalue weighted by Crippen LogP contribution is 2.52. The smallest absolute Gasteiger partial charge is 0.306 e. The normalized spacial score (nSPS) is 25.6. The number of aryl methyl sites for hydroxylation is 1. The summed E-state index contributed by atoms with van der Waals surface area (Å²) >= 11 is 1.27. The number of aliphatic imine (C=N–C) groups is 1. The minimum absolute atomic E-state index is 0.0224. The first-order valence-electron chi connectivity index (χ1n) is 9.13. The van der Waals surface area contributed by atoms with Gasteiger partial charge in [-0.1, -0.05) is 16.2 Å². The molecule has 1 aliphatic carbocycles. The van der Waals surface area contributed by atoms with Crippen molar-refractivity contribution in [3.05, 3.63) is 53.1 Å². The van der Waals surface area contributed by atoms with Crippen molar-refractivity contribution >= 4 is 28.5 Å². The Balaban J connectivity index is 1.75. The van der Waals surface area contributed by atoms with Gasteiger partial charge in [0.25, 0.3) is 0 Å². The van der Waals surface area contributed by atoms with Gasteiger partial charge in [-0.25, -0.2) is 18.7 Å². The molecular weight excluding hydrogens is 422 g/mol. The van der Waals surface area contributed by atoms with Crippen molar-refractivity contribution in [1.82, 2.24) is 9.97 Å². The van der Waals surface area contributed by atoms with Crippen molar-refractivity contribution in [2.24, 2.45) is 16.6 Å². The van der Waals surface area contributed by atoms with Crippen LogP contribution in [0.3, 0.4) is 0 Å². The molecule has 3 atom stereocenters. The van der Waals surface area contributed by atoms with Gasteiger partial charge >= 0.3 is 5.91 Å². The number of anilines is 1. The van der Waals surface area contributed by atoms with E-state index in [4.69, 9.17) is 5.73 Å². The number of amides is 1. The lowest BCUT2D eigenvalue weighted by atomic mass is 9.81. The summed E-state index contributed by atoms with van der Waals surface area (Å²) in [5.41, 5.74) is 3.79. The molecule has 0 bridgehead atoms. The molecule has 1 aromatic heterocycles. The molecule has 2 N–H and O–H groups in total. The molecule has 2 heterocycles. The molecule has 0 spiro atoms. The molecule has 30 heavy (non-hydrogen) atoms. The van der Waals surface area contributed by atoms with Gasteiger partial charge in [-0.15, -0.1) is 5.12 Å². The van der Waals surface area contributed by atoms with Crippen molar-refractivity contribution < 1.29 is 22.4 Å². The van der Waals surface area contributed by atoms with E-state index < -0.39 is 29.4 Å². The molecule has 1 amide bonds. The minimum Gasteiger partial charge on any atom is -0.379 e. The Morgan fingerprint density at radius 2 is 2.13 bits per heavy atom. The second-order valence-electron chi connectivity index (χ2n) is 7.30. The third-order valence-corrected chi connectivity index (χ3v) is 6.39. The van der Waals surface area contributed by atoms with Crippen LogP contribution in [0, 0.1) is 24.6 Å². The molecule has 1 aromatic carbocycles.